The lowest BCUT2D eigenvalue weighted by Crippen LogP contribution is -2.33. The summed E-state index contributed by atoms with van der Waals surface area (Å²) in [6.45, 7) is -0.382. The Morgan fingerprint density at radius 1 is 1.04 bits per heavy atom. The van der Waals surface area contributed by atoms with Crippen molar-refractivity contribution in [2.45, 2.75) is 10.4 Å². The molecule has 25 heavy (non-hydrogen) atoms. The molecular formula is C16H12ClF3N2O2S. The van der Waals surface area contributed by atoms with E-state index in [2.05, 4.69) is 10.6 Å². The van der Waals surface area contributed by atoms with Crippen LogP contribution in [0.1, 0.15) is 10.4 Å². The van der Waals surface area contributed by atoms with Gasteiger partial charge in [0.05, 0.1) is 12.1 Å². The Labute approximate surface area is 150 Å². The van der Waals surface area contributed by atoms with E-state index in [-0.39, 0.29) is 28.8 Å². The number of rotatable bonds is 5. The molecule has 0 unspecified atom stereocenters. The Morgan fingerprint density at radius 2 is 1.68 bits per heavy atom. The number of amides is 2. The highest BCUT2D eigenvalue weighted by atomic mass is 35.5. The van der Waals surface area contributed by atoms with E-state index in [1.165, 1.54) is 24.3 Å². The molecule has 2 aromatic rings. The monoisotopic (exact) mass is 388 g/mol. The van der Waals surface area contributed by atoms with Crippen molar-refractivity contribution in [3.8, 4) is 0 Å². The number of anilines is 1. The molecule has 0 saturated heterocycles. The largest absolute Gasteiger partial charge is 0.446 e. The van der Waals surface area contributed by atoms with E-state index < -0.39 is 17.3 Å². The van der Waals surface area contributed by atoms with Crippen LogP contribution in [0.15, 0.2) is 53.4 Å². The first kappa shape index (κ1) is 19.1. The van der Waals surface area contributed by atoms with Crippen LogP contribution in [-0.4, -0.2) is 23.9 Å². The molecule has 2 aromatic carbocycles. The number of hydrogen-bond acceptors (Lipinski definition) is 3. The minimum Gasteiger partial charge on any atom is -0.343 e. The fraction of sp³-hybridized carbons (Fsp3) is 0.125. The molecular weight excluding hydrogens is 377 g/mol. The third kappa shape index (κ3) is 6.32. The summed E-state index contributed by atoms with van der Waals surface area (Å²) in [6.07, 6.45) is 0. The number of carbonyl (C=O) groups excluding carboxylic acids is 2. The molecule has 0 aliphatic heterocycles. The highest BCUT2D eigenvalue weighted by Crippen LogP contribution is 2.38. The molecule has 2 N–H and O–H groups in total. The molecule has 132 valence electrons. The van der Waals surface area contributed by atoms with Gasteiger partial charge in [-0.1, -0.05) is 23.7 Å². The number of benzene rings is 2. The summed E-state index contributed by atoms with van der Waals surface area (Å²) in [4.78, 5) is 23.6. The zero-order chi connectivity index (χ0) is 18.4. The second-order valence-corrected chi connectivity index (χ2v) is 6.33. The average molecular weight is 389 g/mol. The fourth-order valence-electron chi connectivity index (χ4n) is 1.86. The van der Waals surface area contributed by atoms with Crippen LogP contribution in [0.2, 0.25) is 5.02 Å². The second kappa shape index (κ2) is 8.26. The molecule has 0 aliphatic carbocycles. The molecule has 0 heterocycles. The predicted molar refractivity (Wildman–Crippen MR) is 90.8 cm³/mol. The topological polar surface area (TPSA) is 58.2 Å². The molecule has 9 heteroatoms. The normalized spacial score (nSPS) is 11.0. The molecule has 0 bridgehead atoms. The van der Waals surface area contributed by atoms with E-state index in [9.17, 15) is 22.8 Å². The number of halogens is 4. The summed E-state index contributed by atoms with van der Waals surface area (Å²) in [5, 5.41) is 5.33. The summed E-state index contributed by atoms with van der Waals surface area (Å²) >= 11 is 5.35. The average Bonchev–Trinajstić information content (AvgIpc) is 2.54. The van der Waals surface area contributed by atoms with Gasteiger partial charge in [-0.05, 0) is 48.2 Å². The van der Waals surface area contributed by atoms with Crippen molar-refractivity contribution in [3.05, 3.63) is 59.1 Å². The molecule has 2 amide bonds. The van der Waals surface area contributed by atoms with Crippen LogP contribution in [0.25, 0.3) is 0 Å². The maximum Gasteiger partial charge on any atom is 0.446 e. The first-order valence-corrected chi connectivity index (χ1v) is 8.12. The number of alkyl halides is 3. The lowest BCUT2D eigenvalue weighted by Gasteiger charge is -2.11. The molecule has 0 saturated carbocycles. The molecule has 0 fully saturated rings. The van der Waals surface area contributed by atoms with Gasteiger partial charge in [-0.3, -0.25) is 9.59 Å². The van der Waals surface area contributed by atoms with Crippen molar-refractivity contribution in [2.75, 3.05) is 11.9 Å². The van der Waals surface area contributed by atoms with E-state index in [4.69, 9.17) is 11.6 Å². The molecule has 0 aromatic heterocycles. The Morgan fingerprint density at radius 3 is 2.32 bits per heavy atom. The highest BCUT2D eigenvalue weighted by Gasteiger charge is 2.31. The Kier molecular flexibility index (Phi) is 6.33. The minimum atomic E-state index is -4.51. The zero-order valence-electron chi connectivity index (χ0n) is 12.6. The molecule has 2 rings (SSSR count). The first-order chi connectivity index (χ1) is 11.7. The van der Waals surface area contributed by atoms with Gasteiger partial charge in [0.1, 0.15) is 0 Å². The second-order valence-electron chi connectivity index (χ2n) is 4.78. The van der Waals surface area contributed by atoms with Gasteiger partial charge in [0.25, 0.3) is 5.91 Å². The Hall–Kier alpha value is -2.19. The minimum absolute atomic E-state index is 0.149. The third-order valence-corrected chi connectivity index (χ3v) is 3.95. The van der Waals surface area contributed by atoms with Crippen LogP contribution in [-0.2, 0) is 4.79 Å². The Bertz CT molecular complexity index is 767. The van der Waals surface area contributed by atoms with Crippen molar-refractivity contribution in [1.29, 1.82) is 0 Å². The van der Waals surface area contributed by atoms with Crippen LogP contribution in [0.5, 0.6) is 0 Å². The highest BCUT2D eigenvalue weighted by molar-refractivity contribution is 8.00. The van der Waals surface area contributed by atoms with Gasteiger partial charge >= 0.3 is 5.51 Å². The summed E-state index contributed by atoms with van der Waals surface area (Å²) in [6, 6.07) is 11.6. The Balaban J connectivity index is 1.96. The summed E-state index contributed by atoms with van der Waals surface area (Å²) in [7, 11) is 0. The van der Waals surface area contributed by atoms with Crippen molar-refractivity contribution >= 4 is 40.9 Å². The van der Waals surface area contributed by atoms with E-state index in [0.717, 1.165) is 0 Å². The van der Waals surface area contributed by atoms with E-state index in [1.807, 2.05) is 0 Å². The molecule has 0 aliphatic rings. The SMILES string of the molecule is O=C(CNC(=O)c1ccccc1SC(F)(F)F)Nc1ccc(Cl)cc1. The van der Waals surface area contributed by atoms with Gasteiger partial charge < -0.3 is 10.6 Å². The molecule has 0 spiro atoms. The standard InChI is InChI=1S/C16H12ClF3N2O2S/c17-10-5-7-11(8-6-10)22-14(23)9-21-15(24)12-3-1-2-4-13(12)25-16(18,19)20/h1-8H,9H2,(H,21,24)(H,22,23). The van der Waals surface area contributed by atoms with Crippen LogP contribution in [0, 0.1) is 0 Å². The number of thioether (sulfide) groups is 1. The number of carbonyl (C=O) groups is 2. The number of hydrogen-bond donors (Lipinski definition) is 2. The maximum atomic E-state index is 12.5. The smallest absolute Gasteiger partial charge is 0.343 e. The van der Waals surface area contributed by atoms with Crippen molar-refractivity contribution in [1.82, 2.24) is 5.32 Å². The predicted octanol–water partition coefficient (Wildman–Crippen LogP) is 4.32. The van der Waals surface area contributed by atoms with Crippen LogP contribution < -0.4 is 10.6 Å². The quantitative estimate of drug-likeness (QED) is 0.750. The van der Waals surface area contributed by atoms with E-state index >= 15 is 0 Å². The van der Waals surface area contributed by atoms with Crippen molar-refractivity contribution < 1.29 is 22.8 Å². The van der Waals surface area contributed by atoms with Gasteiger partial charge in [0, 0.05) is 15.6 Å². The lowest BCUT2D eigenvalue weighted by atomic mass is 10.2. The van der Waals surface area contributed by atoms with Crippen LogP contribution in [0.3, 0.4) is 0 Å². The number of nitrogens with one attached hydrogen (secondary N) is 2. The van der Waals surface area contributed by atoms with E-state index in [1.54, 1.807) is 24.3 Å². The van der Waals surface area contributed by atoms with Crippen LogP contribution >= 0.6 is 23.4 Å². The van der Waals surface area contributed by atoms with Gasteiger partial charge in [-0.25, -0.2) is 0 Å². The fourth-order valence-corrected chi connectivity index (χ4v) is 2.65. The third-order valence-electron chi connectivity index (χ3n) is 2.89. The first-order valence-electron chi connectivity index (χ1n) is 6.93. The van der Waals surface area contributed by atoms with E-state index in [0.29, 0.717) is 10.7 Å². The summed E-state index contributed by atoms with van der Waals surface area (Å²) in [5.74, 6) is -1.28. The summed E-state index contributed by atoms with van der Waals surface area (Å²) in [5.41, 5.74) is -4.18. The van der Waals surface area contributed by atoms with Crippen molar-refractivity contribution in [3.63, 3.8) is 0 Å². The maximum absolute atomic E-state index is 12.5. The molecule has 4 nitrogen and oxygen atoms in total. The molecule has 0 radical (unpaired) electrons. The van der Waals surface area contributed by atoms with Gasteiger partial charge in [-0.15, -0.1) is 0 Å². The van der Waals surface area contributed by atoms with Gasteiger partial charge in [0.2, 0.25) is 5.91 Å². The van der Waals surface area contributed by atoms with Crippen molar-refractivity contribution in [2.24, 2.45) is 0 Å². The lowest BCUT2D eigenvalue weighted by molar-refractivity contribution is -0.115. The van der Waals surface area contributed by atoms with Gasteiger partial charge in [-0.2, -0.15) is 13.2 Å². The summed E-state index contributed by atoms with van der Waals surface area (Å²) < 4.78 is 37.6. The molecule has 0 atom stereocenters. The zero-order valence-corrected chi connectivity index (χ0v) is 14.1. The van der Waals surface area contributed by atoms with Gasteiger partial charge in [0.15, 0.2) is 0 Å². The van der Waals surface area contributed by atoms with Crippen LogP contribution in [0.4, 0.5) is 18.9 Å².